The minimum atomic E-state index is -0.430. The van der Waals surface area contributed by atoms with Crippen molar-refractivity contribution < 1.29 is 4.79 Å². The number of fused-ring (bicyclic) bond motifs is 1. The highest BCUT2D eigenvalue weighted by molar-refractivity contribution is 7.99. The number of para-hydroxylation sites is 1. The molecular formula is C19H17N5O3S2. The smallest absolute Gasteiger partial charge is 0.320 e. The van der Waals surface area contributed by atoms with Crippen LogP contribution in [0.4, 0.5) is 5.69 Å². The molecule has 0 fully saturated rings. The summed E-state index contributed by atoms with van der Waals surface area (Å²) < 4.78 is 4.08. The van der Waals surface area contributed by atoms with Crippen LogP contribution in [0.1, 0.15) is 9.67 Å². The topological polar surface area (TPSA) is 90.9 Å². The molecule has 4 rings (SSSR count). The summed E-state index contributed by atoms with van der Waals surface area (Å²) in [6, 6.07) is 11.0. The fraction of sp³-hybridized carbons (Fsp3) is 0.158. The Hall–Kier alpha value is -3.11. The van der Waals surface area contributed by atoms with Gasteiger partial charge in [-0.1, -0.05) is 18.2 Å². The molecule has 0 atom stereocenters. The molecular weight excluding hydrogens is 410 g/mol. The van der Waals surface area contributed by atoms with Gasteiger partial charge in [0.15, 0.2) is 16.3 Å². The standard InChI is InChI=1S/C19H17N5O3S2/c1-22-14-15(23(2)19(27)24(3)17(14)26)21-18(22)29-12-8-5-4-7-11(12)20-16(25)13-9-6-10-28-13/h4-10H,1-3H3,(H,20,25). The molecule has 0 bridgehead atoms. The fourth-order valence-corrected chi connectivity index (χ4v) is 4.49. The number of amides is 1. The van der Waals surface area contributed by atoms with E-state index in [1.54, 1.807) is 24.7 Å². The number of hydrogen-bond donors (Lipinski definition) is 1. The molecule has 0 saturated carbocycles. The van der Waals surface area contributed by atoms with Gasteiger partial charge >= 0.3 is 5.69 Å². The largest absolute Gasteiger partial charge is 0.332 e. The van der Waals surface area contributed by atoms with Gasteiger partial charge in [-0.3, -0.25) is 18.7 Å². The predicted molar refractivity (Wildman–Crippen MR) is 114 cm³/mol. The van der Waals surface area contributed by atoms with Crippen molar-refractivity contribution in [1.29, 1.82) is 0 Å². The second-order valence-corrected chi connectivity index (χ2v) is 8.32. The summed E-state index contributed by atoms with van der Waals surface area (Å²) in [5, 5.41) is 5.31. The molecule has 1 N–H and O–H groups in total. The maximum absolute atomic E-state index is 12.6. The highest BCUT2D eigenvalue weighted by Gasteiger charge is 2.19. The second-order valence-electron chi connectivity index (χ2n) is 6.36. The number of benzene rings is 1. The highest BCUT2D eigenvalue weighted by atomic mass is 32.2. The Balaban J connectivity index is 1.75. The van der Waals surface area contributed by atoms with E-state index >= 15 is 0 Å². The molecule has 0 saturated heterocycles. The van der Waals surface area contributed by atoms with E-state index in [0.29, 0.717) is 26.9 Å². The Morgan fingerprint density at radius 3 is 2.52 bits per heavy atom. The Labute approximate surface area is 173 Å². The first-order chi connectivity index (χ1) is 13.9. The molecule has 4 aromatic rings. The van der Waals surface area contributed by atoms with E-state index in [2.05, 4.69) is 10.3 Å². The molecule has 1 amide bonds. The summed E-state index contributed by atoms with van der Waals surface area (Å²) in [4.78, 5) is 43.1. The summed E-state index contributed by atoms with van der Waals surface area (Å²) in [5.41, 5.74) is 0.482. The third kappa shape index (κ3) is 3.30. The van der Waals surface area contributed by atoms with Crippen LogP contribution in [-0.4, -0.2) is 24.6 Å². The number of carbonyl (C=O) groups excluding carboxylic acids is 1. The summed E-state index contributed by atoms with van der Waals surface area (Å²) in [6.07, 6.45) is 0. The first-order valence-electron chi connectivity index (χ1n) is 8.62. The van der Waals surface area contributed by atoms with E-state index in [9.17, 15) is 14.4 Å². The van der Waals surface area contributed by atoms with Crippen molar-refractivity contribution >= 4 is 45.9 Å². The van der Waals surface area contributed by atoms with Crippen LogP contribution in [0.5, 0.6) is 0 Å². The first kappa shape index (κ1) is 19.2. The Morgan fingerprint density at radius 1 is 1.03 bits per heavy atom. The summed E-state index contributed by atoms with van der Waals surface area (Å²) in [6.45, 7) is 0. The minimum absolute atomic E-state index is 0.186. The van der Waals surface area contributed by atoms with E-state index in [4.69, 9.17) is 0 Å². The summed E-state index contributed by atoms with van der Waals surface area (Å²) in [7, 11) is 4.76. The molecule has 0 aliphatic carbocycles. The number of imidazole rings is 1. The average Bonchev–Trinajstić information content (AvgIpc) is 3.35. The summed E-state index contributed by atoms with van der Waals surface area (Å²) >= 11 is 2.68. The lowest BCUT2D eigenvalue weighted by Crippen LogP contribution is -2.37. The fourth-order valence-electron chi connectivity index (χ4n) is 2.94. The van der Waals surface area contributed by atoms with Gasteiger partial charge in [-0.25, -0.2) is 9.78 Å². The molecule has 0 radical (unpaired) electrons. The zero-order valence-electron chi connectivity index (χ0n) is 15.9. The SMILES string of the molecule is Cn1c(=O)c2c(nc(Sc3ccccc3NC(=O)c3cccs3)n2C)n(C)c1=O. The zero-order valence-corrected chi connectivity index (χ0v) is 17.5. The van der Waals surface area contributed by atoms with Gasteiger partial charge in [0.1, 0.15) is 0 Å². The molecule has 0 spiro atoms. The van der Waals surface area contributed by atoms with Crippen LogP contribution in [0.15, 0.2) is 61.4 Å². The Kier molecular flexibility index (Phi) is 4.89. The van der Waals surface area contributed by atoms with Crippen molar-refractivity contribution in [2.75, 3.05) is 5.32 Å². The van der Waals surface area contributed by atoms with Gasteiger partial charge in [-0.05, 0) is 35.3 Å². The van der Waals surface area contributed by atoms with Crippen LogP contribution in [0.3, 0.4) is 0 Å². The van der Waals surface area contributed by atoms with Crippen molar-refractivity contribution in [3.05, 3.63) is 67.5 Å². The number of nitrogens with one attached hydrogen (secondary N) is 1. The predicted octanol–water partition coefficient (Wildman–Crippen LogP) is 2.44. The summed E-state index contributed by atoms with van der Waals surface area (Å²) in [5.74, 6) is -0.186. The molecule has 148 valence electrons. The molecule has 0 aliphatic rings. The van der Waals surface area contributed by atoms with Crippen molar-refractivity contribution in [3.63, 3.8) is 0 Å². The third-order valence-corrected chi connectivity index (χ3v) is 6.51. The quantitative estimate of drug-likeness (QED) is 0.540. The maximum Gasteiger partial charge on any atom is 0.332 e. The first-order valence-corrected chi connectivity index (χ1v) is 10.3. The van der Waals surface area contributed by atoms with Crippen LogP contribution in [0.2, 0.25) is 0 Å². The van der Waals surface area contributed by atoms with Crippen LogP contribution >= 0.6 is 23.1 Å². The number of nitrogens with zero attached hydrogens (tertiary/aromatic N) is 4. The molecule has 29 heavy (non-hydrogen) atoms. The number of hydrogen-bond acceptors (Lipinski definition) is 6. The van der Waals surface area contributed by atoms with E-state index in [1.807, 2.05) is 35.7 Å². The van der Waals surface area contributed by atoms with Gasteiger partial charge < -0.3 is 9.88 Å². The van der Waals surface area contributed by atoms with Crippen molar-refractivity contribution in [2.24, 2.45) is 21.1 Å². The molecule has 8 nitrogen and oxygen atoms in total. The lowest BCUT2D eigenvalue weighted by Gasteiger charge is -2.10. The van der Waals surface area contributed by atoms with Gasteiger partial charge in [0.05, 0.1) is 10.6 Å². The van der Waals surface area contributed by atoms with E-state index in [-0.39, 0.29) is 5.91 Å². The monoisotopic (exact) mass is 427 g/mol. The average molecular weight is 428 g/mol. The van der Waals surface area contributed by atoms with Gasteiger partial charge in [-0.2, -0.15) is 0 Å². The van der Waals surface area contributed by atoms with Crippen molar-refractivity contribution in [3.8, 4) is 0 Å². The van der Waals surface area contributed by atoms with Crippen LogP contribution in [0, 0.1) is 0 Å². The molecule has 1 aromatic carbocycles. The van der Waals surface area contributed by atoms with Crippen LogP contribution in [-0.2, 0) is 21.1 Å². The molecule has 0 aliphatic heterocycles. The zero-order chi connectivity index (χ0) is 20.7. The Morgan fingerprint density at radius 2 is 1.79 bits per heavy atom. The molecule has 3 heterocycles. The third-order valence-electron chi connectivity index (χ3n) is 4.52. The van der Waals surface area contributed by atoms with Crippen LogP contribution < -0.4 is 16.6 Å². The number of carbonyl (C=O) groups is 1. The number of aryl methyl sites for hydroxylation is 2. The minimum Gasteiger partial charge on any atom is -0.320 e. The number of thiophene rings is 1. The van der Waals surface area contributed by atoms with Gasteiger partial charge in [0.2, 0.25) is 0 Å². The highest BCUT2D eigenvalue weighted by Crippen LogP contribution is 2.34. The number of rotatable bonds is 4. The van der Waals surface area contributed by atoms with E-state index in [1.165, 1.54) is 34.7 Å². The van der Waals surface area contributed by atoms with E-state index < -0.39 is 11.2 Å². The normalized spacial score (nSPS) is 11.1. The maximum atomic E-state index is 12.6. The molecule has 0 unspecified atom stereocenters. The lowest BCUT2D eigenvalue weighted by molar-refractivity contribution is 0.103. The lowest BCUT2D eigenvalue weighted by atomic mass is 10.3. The molecule has 3 aromatic heterocycles. The molecule has 10 heteroatoms. The van der Waals surface area contributed by atoms with Gasteiger partial charge in [0, 0.05) is 26.0 Å². The van der Waals surface area contributed by atoms with Crippen LogP contribution in [0.25, 0.3) is 11.2 Å². The Bertz CT molecular complexity index is 1350. The van der Waals surface area contributed by atoms with Crippen molar-refractivity contribution in [2.45, 2.75) is 10.1 Å². The second kappa shape index (κ2) is 7.37. The van der Waals surface area contributed by atoms with Gasteiger partial charge in [0.25, 0.3) is 11.5 Å². The van der Waals surface area contributed by atoms with E-state index in [0.717, 1.165) is 9.46 Å². The van der Waals surface area contributed by atoms with Gasteiger partial charge in [-0.15, -0.1) is 11.3 Å². The number of aromatic nitrogens is 4. The number of anilines is 1. The van der Waals surface area contributed by atoms with Crippen molar-refractivity contribution in [1.82, 2.24) is 18.7 Å².